The molecular formula is C16H15N3O2. The van der Waals surface area contributed by atoms with E-state index in [1.165, 1.54) is 7.11 Å². The fourth-order valence-corrected chi connectivity index (χ4v) is 1.98. The summed E-state index contributed by atoms with van der Waals surface area (Å²) in [5, 5.41) is 11.6. The third-order valence-corrected chi connectivity index (χ3v) is 3.01. The average molecular weight is 281 g/mol. The highest BCUT2D eigenvalue weighted by Crippen LogP contribution is 2.23. The van der Waals surface area contributed by atoms with Crippen LogP contribution in [0.4, 0.5) is 5.69 Å². The van der Waals surface area contributed by atoms with Gasteiger partial charge >= 0.3 is 0 Å². The molecule has 2 aromatic rings. The summed E-state index contributed by atoms with van der Waals surface area (Å²) in [5.41, 5.74) is 7.90. The summed E-state index contributed by atoms with van der Waals surface area (Å²) < 4.78 is 5.15. The average Bonchev–Trinajstić information content (AvgIpc) is 2.52. The lowest BCUT2D eigenvalue weighted by Gasteiger charge is -2.11. The predicted molar refractivity (Wildman–Crippen MR) is 79.7 cm³/mol. The summed E-state index contributed by atoms with van der Waals surface area (Å²) in [5.74, 6) is 0.116. The molecule has 5 nitrogen and oxygen atoms in total. The highest BCUT2D eigenvalue weighted by atomic mass is 16.5. The minimum atomic E-state index is -0.313. The Balaban J connectivity index is 2.14. The van der Waals surface area contributed by atoms with Gasteiger partial charge in [-0.05, 0) is 29.8 Å². The van der Waals surface area contributed by atoms with Gasteiger partial charge in [-0.2, -0.15) is 5.26 Å². The number of amides is 1. The van der Waals surface area contributed by atoms with Crippen LogP contribution in [-0.2, 0) is 6.54 Å². The largest absolute Gasteiger partial charge is 0.496 e. The van der Waals surface area contributed by atoms with Crippen LogP contribution in [0.5, 0.6) is 5.75 Å². The quantitative estimate of drug-likeness (QED) is 0.840. The van der Waals surface area contributed by atoms with Crippen LogP contribution < -0.4 is 15.8 Å². The second kappa shape index (κ2) is 6.44. The Hall–Kier alpha value is -3.00. The van der Waals surface area contributed by atoms with E-state index in [0.717, 1.165) is 5.56 Å². The lowest BCUT2D eigenvalue weighted by Crippen LogP contribution is -2.24. The zero-order chi connectivity index (χ0) is 15.2. The van der Waals surface area contributed by atoms with Crippen molar-refractivity contribution in [2.45, 2.75) is 6.54 Å². The van der Waals surface area contributed by atoms with Crippen LogP contribution in [0.3, 0.4) is 0 Å². The standard InChI is InChI=1S/C16H15N3O2/c1-21-14-7-3-6-13(18)15(14)16(20)19-10-12-5-2-4-11(8-12)9-17/h2-8H,10,18H2,1H3,(H,19,20). The monoisotopic (exact) mass is 281 g/mol. The highest BCUT2D eigenvalue weighted by Gasteiger charge is 2.15. The van der Waals surface area contributed by atoms with Crippen LogP contribution in [0, 0.1) is 11.3 Å². The number of nitrogens with two attached hydrogens (primary N) is 1. The molecule has 0 aliphatic rings. The van der Waals surface area contributed by atoms with Gasteiger partial charge in [0.1, 0.15) is 11.3 Å². The zero-order valence-electron chi connectivity index (χ0n) is 11.6. The number of carbonyl (C=O) groups excluding carboxylic acids is 1. The second-order valence-corrected chi connectivity index (χ2v) is 4.42. The summed E-state index contributed by atoms with van der Waals surface area (Å²) >= 11 is 0. The molecule has 0 saturated carbocycles. The smallest absolute Gasteiger partial charge is 0.257 e. The van der Waals surface area contributed by atoms with Crippen molar-refractivity contribution in [1.29, 1.82) is 5.26 Å². The number of carbonyl (C=O) groups is 1. The molecule has 0 atom stereocenters. The molecule has 2 aromatic carbocycles. The first-order chi connectivity index (χ1) is 10.2. The Morgan fingerprint density at radius 3 is 2.81 bits per heavy atom. The summed E-state index contributed by atoms with van der Waals surface area (Å²) in [6.45, 7) is 0.311. The number of ether oxygens (including phenoxy) is 1. The van der Waals surface area contributed by atoms with Gasteiger partial charge in [0.2, 0.25) is 0 Å². The van der Waals surface area contributed by atoms with Crippen LogP contribution >= 0.6 is 0 Å². The third-order valence-electron chi connectivity index (χ3n) is 3.01. The van der Waals surface area contributed by atoms with E-state index in [1.807, 2.05) is 6.07 Å². The van der Waals surface area contributed by atoms with Gasteiger partial charge in [0.05, 0.1) is 18.7 Å². The zero-order valence-corrected chi connectivity index (χ0v) is 11.6. The first-order valence-corrected chi connectivity index (χ1v) is 6.35. The topological polar surface area (TPSA) is 88.1 Å². The minimum absolute atomic E-state index is 0.311. The molecule has 0 saturated heterocycles. The first kappa shape index (κ1) is 14.4. The van der Waals surface area contributed by atoms with E-state index in [9.17, 15) is 4.79 Å². The fourth-order valence-electron chi connectivity index (χ4n) is 1.98. The van der Waals surface area contributed by atoms with Crippen LogP contribution in [-0.4, -0.2) is 13.0 Å². The van der Waals surface area contributed by atoms with Crippen molar-refractivity contribution >= 4 is 11.6 Å². The van der Waals surface area contributed by atoms with Gasteiger partial charge in [-0.1, -0.05) is 18.2 Å². The number of hydrogen-bond donors (Lipinski definition) is 2. The van der Waals surface area contributed by atoms with Crippen LogP contribution in [0.15, 0.2) is 42.5 Å². The molecular weight excluding hydrogens is 266 g/mol. The van der Waals surface area contributed by atoms with Gasteiger partial charge in [-0.3, -0.25) is 4.79 Å². The predicted octanol–water partition coefficient (Wildman–Crippen LogP) is 2.08. The highest BCUT2D eigenvalue weighted by molar-refractivity contribution is 6.01. The van der Waals surface area contributed by atoms with Crippen molar-refractivity contribution in [3.8, 4) is 11.8 Å². The van der Waals surface area contributed by atoms with Crippen molar-refractivity contribution in [2.75, 3.05) is 12.8 Å². The second-order valence-electron chi connectivity index (χ2n) is 4.42. The molecule has 0 aliphatic heterocycles. The molecule has 0 aliphatic carbocycles. The van der Waals surface area contributed by atoms with E-state index in [-0.39, 0.29) is 5.91 Å². The van der Waals surface area contributed by atoms with Crippen molar-refractivity contribution < 1.29 is 9.53 Å². The Bertz CT molecular complexity index is 705. The number of benzene rings is 2. The van der Waals surface area contributed by atoms with Crippen LogP contribution in [0.25, 0.3) is 0 Å². The van der Waals surface area contributed by atoms with Gasteiger partial charge in [0, 0.05) is 12.2 Å². The van der Waals surface area contributed by atoms with Crippen LogP contribution in [0.2, 0.25) is 0 Å². The van der Waals surface area contributed by atoms with Crippen molar-refractivity contribution in [3.63, 3.8) is 0 Å². The molecule has 0 heterocycles. The van der Waals surface area contributed by atoms with Crippen LogP contribution in [0.1, 0.15) is 21.5 Å². The lowest BCUT2D eigenvalue weighted by atomic mass is 10.1. The molecule has 0 unspecified atom stereocenters. The molecule has 1 amide bonds. The summed E-state index contributed by atoms with van der Waals surface area (Å²) in [6.07, 6.45) is 0. The van der Waals surface area contributed by atoms with Crippen molar-refractivity contribution in [2.24, 2.45) is 0 Å². The molecule has 0 radical (unpaired) electrons. The maximum absolute atomic E-state index is 12.2. The Kier molecular flexibility index (Phi) is 4.42. The number of nitrogens with zero attached hydrogens (tertiary/aromatic N) is 1. The third kappa shape index (κ3) is 3.31. The van der Waals surface area contributed by atoms with E-state index in [1.54, 1.807) is 36.4 Å². The fraction of sp³-hybridized carbons (Fsp3) is 0.125. The molecule has 0 spiro atoms. The molecule has 21 heavy (non-hydrogen) atoms. The van der Waals surface area contributed by atoms with Crippen molar-refractivity contribution in [3.05, 3.63) is 59.2 Å². The number of anilines is 1. The Labute approximate surface area is 123 Å². The van der Waals surface area contributed by atoms with E-state index >= 15 is 0 Å². The summed E-state index contributed by atoms with van der Waals surface area (Å²) in [7, 11) is 1.49. The van der Waals surface area contributed by atoms with E-state index in [2.05, 4.69) is 11.4 Å². The van der Waals surface area contributed by atoms with E-state index < -0.39 is 0 Å². The summed E-state index contributed by atoms with van der Waals surface area (Å²) in [4.78, 5) is 12.2. The normalized spacial score (nSPS) is 9.71. The number of rotatable bonds is 4. The van der Waals surface area contributed by atoms with E-state index in [0.29, 0.717) is 29.1 Å². The number of methoxy groups -OCH3 is 1. The Morgan fingerprint density at radius 1 is 1.33 bits per heavy atom. The van der Waals surface area contributed by atoms with Gasteiger partial charge < -0.3 is 15.8 Å². The number of nitrogen functional groups attached to an aromatic ring is 1. The number of hydrogen-bond acceptors (Lipinski definition) is 4. The molecule has 0 bridgehead atoms. The van der Waals surface area contributed by atoms with Gasteiger partial charge in [0.15, 0.2) is 0 Å². The first-order valence-electron chi connectivity index (χ1n) is 6.35. The maximum atomic E-state index is 12.2. The SMILES string of the molecule is COc1cccc(N)c1C(=O)NCc1cccc(C#N)c1. The molecule has 5 heteroatoms. The number of nitriles is 1. The van der Waals surface area contributed by atoms with E-state index in [4.69, 9.17) is 15.7 Å². The van der Waals surface area contributed by atoms with Gasteiger partial charge in [0.25, 0.3) is 5.91 Å². The van der Waals surface area contributed by atoms with Gasteiger partial charge in [-0.15, -0.1) is 0 Å². The van der Waals surface area contributed by atoms with Gasteiger partial charge in [-0.25, -0.2) is 0 Å². The summed E-state index contributed by atoms with van der Waals surface area (Å²) in [6, 6.07) is 14.2. The molecule has 106 valence electrons. The Morgan fingerprint density at radius 2 is 2.10 bits per heavy atom. The molecule has 2 rings (SSSR count). The lowest BCUT2D eigenvalue weighted by molar-refractivity contribution is 0.0949. The molecule has 3 N–H and O–H groups in total. The molecule has 0 fully saturated rings. The number of nitrogens with one attached hydrogen (secondary N) is 1. The minimum Gasteiger partial charge on any atom is -0.496 e. The maximum Gasteiger partial charge on any atom is 0.257 e. The molecule has 0 aromatic heterocycles. The van der Waals surface area contributed by atoms with Crippen molar-refractivity contribution in [1.82, 2.24) is 5.32 Å².